The van der Waals surface area contributed by atoms with Gasteiger partial charge in [-0.05, 0) is 42.5 Å². The molecule has 0 saturated heterocycles. The molecule has 152 valence electrons. The lowest BCUT2D eigenvalue weighted by molar-refractivity contribution is -0.393. The molecule has 0 aromatic heterocycles. The molecule has 0 heterocycles. The maximum absolute atomic E-state index is 11.2. The summed E-state index contributed by atoms with van der Waals surface area (Å²) in [7, 11) is 0. The van der Waals surface area contributed by atoms with Crippen LogP contribution in [0.15, 0.2) is 35.4 Å². The van der Waals surface area contributed by atoms with Gasteiger partial charge in [0.15, 0.2) is 0 Å². The van der Waals surface area contributed by atoms with Crippen molar-refractivity contribution in [1.82, 2.24) is 0 Å². The average molecular weight is 419 g/mol. The van der Waals surface area contributed by atoms with Crippen molar-refractivity contribution >= 4 is 34.9 Å². The number of anilines is 1. The van der Waals surface area contributed by atoms with Crippen LogP contribution in [0.5, 0.6) is 5.75 Å². The maximum atomic E-state index is 11.2. The first kappa shape index (κ1) is 20.5. The maximum Gasteiger partial charge on any atom is 0.301 e. The molecule has 1 aliphatic carbocycles. The Bertz CT molecular complexity index is 973. The standard InChI is InChI=1S/C19H19ClN4O5/c20-16-9-13(12-4-2-1-3-5-12)8-14(19(16)25)11-21-22-17-7-6-15(23(26)27)10-18(17)24(28)29/h6-12,22,25H,1-5H2/b21-11+. The first-order valence-electron chi connectivity index (χ1n) is 9.11. The van der Waals surface area contributed by atoms with E-state index < -0.39 is 21.2 Å². The average Bonchev–Trinajstić information content (AvgIpc) is 2.71. The SMILES string of the molecule is O=[N+]([O-])c1ccc(N/N=C/c2cc(C3CCCCC3)cc(Cl)c2O)c([N+](=O)[O-])c1. The van der Waals surface area contributed by atoms with Crippen LogP contribution in [0.2, 0.25) is 5.02 Å². The molecular weight excluding hydrogens is 400 g/mol. The summed E-state index contributed by atoms with van der Waals surface area (Å²) in [6.07, 6.45) is 6.96. The molecule has 0 radical (unpaired) electrons. The minimum Gasteiger partial charge on any atom is -0.506 e. The molecule has 2 N–H and O–H groups in total. The molecule has 10 heteroatoms. The summed E-state index contributed by atoms with van der Waals surface area (Å²) in [6, 6.07) is 6.78. The van der Waals surface area contributed by atoms with E-state index >= 15 is 0 Å². The van der Waals surface area contributed by atoms with Crippen LogP contribution in [0.1, 0.15) is 49.1 Å². The number of hydrazone groups is 1. The molecule has 0 atom stereocenters. The molecule has 0 unspecified atom stereocenters. The van der Waals surface area contributed by atoms with Gasteiger partial charge < -0.3 is 5.11 Å². The van der Waals surface area contributed by atoms with Crippen molar-refractivity contribution in [2.75, 3.05) is 5.43 Å². The number of phenols is 1. The highest BCUT2D eigenvalue weighted by molar-refractivity contribution is 6.32. The zero-order valence-electron chi connectivity index (χ0n) is 15.4. The fourth-order valence-corrected chi connectivity index (χ4v) is 3.70. The van der Waals surface area contributed by atoms with Crippen molar-refractivity contribution in [3.63, 3.8) is 0 Å². The van der Waals surface area contributed by atoms with Crippen molar-refractivity contribution in [3.05, 3.63) is 66.7 Å². The van der Waals surface area contributed by atoms with Crippen molar-refractivity contribution in [1.29, 1.82) is 0 Å². The number of rotatable bonds is 6. The second-order valence-electron chi connectivity index (χ2n) is 6.86. The van der Waals surface area contributed by atoms with Gasteiger partial charge in [-0.2, -0.15) is 5.10 Å². The zero-order chi connectivity index (χ0) is 21.0. The van der Waals surface area contributed by atoms with Gasteiger partial charge in [0.1, 0.15) is 11.4 Å². The van der Waals surface area contributed by atoms with E-state index in [1.165, 1.54) is 18.7 Å². The molecule has 29 heavy (non-hydrogen) atoms. The summed E-state index contributed by atoms with van der Waals surface area (Å²) < 4.78 is 0. The predicted molar refractivity (Wildman–Crippen MR) is 110 cm³/mol. The van der Waals surface area contributed by atoms with Gasteiger partial charge in [0.25, 0.3) is 5.69 Å². The number of halogens is 1. The van der Waals surface area contributed by atoms with Crippen LogP contribution in [0.25, 0.3) is 0 Å². The first-order chi connectivity index (χ1) is 13.9. The van der Waals surface area contributed by atoms with E-state index in [4.69, 9.17) is 11.6 Å². The van der Waals surface area contributed by atoms with Crippen LogP contribution in [0.4, 0.5) is 17.1 Å². The highest BCUT2D eigenvalue weighted by Gasteiger charge is 2.20. The molecular formula is C19H19ClN4O5. The summed E-state index contributed by atoms with van der Waals surface area (Å²) in [4.78, 5) is 20.5. The normalized spacial score (nSPS) is 14.8. The van der Waals surface area contributed by atoms with Gasteiger partial charge in [-0.15, -0.1) is 0 Å². The second-order valence-corrected chi connectivity index (χ2v) is 7.27. The van der Waals surface area contributed by atoms with Gasteiger partial charge in [-0.25, -0.2) is 0 Å². The topological polar surface area (TPSA) is 131 Å². The molecule has 1 saturated carbocycles. The number of phenolic OH excluding ortho intramolecular Hbond substituents is 1. The van der Waals surface area contributed by atoms with Gasteiger partial charge in [-0.3, -0.25) is 25.7 Å². The van der Waals surface area contributed by atoms with Crippen LogP contribution >= 0.6 is 11.6 Å². The Morgan fingerprint density at radius 1 is 1.10 bits per heavy atom. The van der Waals surface area contributed by atoms with Crippen molar-refractivity contribution in [2.45, 2.75) is 38.0 Å². The van der Waals surface area contributed by atoms with Gasteiger partial charge >= 0.3 is 5.69 Å². The number of hydrogen-bond donors (Lipinski definition) is 2. The summed E-state index contributed by atoms with van der Waals surface area (Å²) in [5.74, 6) is 0.243. The molecule has 1 aliphatic rings. The minimum atomic E-state index is -0.733. The van der Waals surface area contributed by atoms with Crippen LogP contribution in [0.3, 0.4) is 0 Å². The minimum absolute atomic E-state index is 0.00845. The Morgan fingerprint density at radius 2 is 1.83 bits per heavy atom. The van der Waals surface area contributed by atoms with E-state index in [2.05, 4.69) is 10.5 Å². The smallest absolute Gasteiger partial charge is 0.301 e. The third kappa shape index (κ3) is 4.80. The van der Waals surface area contributed by atoms with E-state index in [-0.39, 0.29) is 16.5 Å². The number of non-ortho nitro benzene ring substituents is 1. The Balaban J connectivity index is 1.84. The molecule has 3 rings (SSSR count). The largest absolute Gasteiger partial charge is 0.506 e. The predicted octanol–water partition coefficient (Wildman–Crippen LogP) is 5.36. The molecule has 2 aromatic carbocycles. The van der Waals surface area contributed by atoms with Crippen LogP contribution in [-0.2, 0) is 0 Å². The Hall–Kier alpha value is -3.20. The number of aromatic hydroxyl groups is 1. The monoisotopic (exact) mass is 418 g/mol. The van der Waals surface area contributed by atoms with Gasteiger partial charge in [-0.1, -0.05) is 30.9 Å². The van der Waals surface area contributed by atoms with Crippen molar-refractivity contribution in [3.8, 4) is 5.75 Å². The van der Waals surface area contributed by atoms with Crippen LogP contribution < -0.4 is 5.43 Å². The quantitative estimate of drug-likeness (QED) is 0.369. The lowest BCUT2D eigenvalue weighted by Crippen LogP contribution is -2.05. The Labute approximate surface area is 171 Å². The van der Waals surface area contributed by atoms with E-state index in [0.717, 1.165) is 43.4 Å². The molecule has 0 aliphatic heterocycles. The number of nitrogens with one attached hydrogen (secondary N) is 1. The number of nitro benzene ring substituents is 2. The number of benzene rings is 2. The Morgan fingerprint density at radius 3 is 2.48 bits per heavy atom. The summed E-state index contributed by atoms with van der Waals surface area (Å²) in [6.45, 7) is 0. The van der Waals surface area contributed by atoms with Crippen LogP contribution in [-0.4, -0.2) is 21.2 Å². The van der Waals surface area contributed by atoms with Gasteiger partial charge in [0.05, 0.1) is 27.2 Å². The molecule has 0 spiro atoms. The summed E-state index contributed by atoms with van der Waals surface area (Å²) in [5.41, 5.74) is 3.04. The highest BCUT2D eigenvalue weighted by atomic mass is 35.5. The fraction of sp³-hybridized carbons (Fsp3) is 0.316. The summed E-state index contributed by atoms with van der Waals surface area (Å²) >= 11 is 6.16. The molecule has 9 nitrogen and oxygen atoms in total. The first-order valence-corrected chi connectivity index (χ1v) is 9.49. The van der Waals surface area contributed by atoms with E-state index in [1.54, 1.807) is 6.07 Å². The lowest BCUT2D eigenvalue weighted by atomic mass is 9.83. The van der Waals surface area contributed by atoms with Crippen molar-refractivity contribution in [2.24, 2.45) is 5.10 Å². The van der Waals surface area contributed by atoms with E-state index in [0.29, 0.717) is 11.5 Å². The van der Waals surface area contributed by atoms with E-state index in [1.807, 2.05) is 6.07 Å². The molecule has 2 aromatic rings. The lowest BCUT2D eigenvalue weighted by Gasteiger charge is -2.22. The molecule has 0 bridgehead atoms. The molecule has 1 fully saturated rings. The third-order valence-electron chi connectivity index (χ3n) is 4.97. The van der Waals surface area contributed by atoms with Gasteiger partial charge in [0, 0.05) is 11.6 Å². The number of nitrogens with zero attached hydrogens (tertiary/aromatic N) is 3. The number of nitro groups is 2. The fourth-order valence-electron chi connectivity index (χ4n) is 3.46. The van der Waals surface area contributed by atoms with E-state index in [9.17, 15) is 25.3 Å². The third-order valence-corrected chi connectivity index (χ3v) is 5.26. The van der Waals surface area contributed by atoms with Gasteiger partial charge in [0.2, 0.25) is 0 Å². The Kier molecular flexibility index (Phi) is 6.28. The second kappa shape index (κ2) is 8.87. The van der Waals surface area contributed by atoms with Crippen molar-refractivity contribution < 1.29 is 15.0 Å². The number of hydrogen-bond acceptors (Lipinski definition) is 7. The molecule has 0 amide bonds. The summed E-state index contributed by atoms with van der Waals surface area (Å²) in [5, 5.41) is 36.4. The van der Waals surface area contributed by atoms with Crippen LogP contribution in [0, 0.1) is 20.2 Å². The zero-order valence-corrected chi connectivity index (χ0v) is 16.1. The highest BCUT2D eigenvalue weighted by Crippen LogP contribution is 2.37.